The average Bonchev–Trinajstić information content (AvgIpc) is 2.58. The number of aryl methyl sites for hydroxylation is 1. The second-order valence-corrected chi connectivity index (χ2v) is 3.72. The molecular weight excluding hydrogens is 290 g/mol. The number of alkyl halides is 7. The van der Waals surface area contributed by atoms with E-state index < -0.39 is 24.2 Å². The first kappa shape index (κ1) is 15.1. The van der Waals surface area contributed by atoms with Gasteiger partial charge < -0.3 is 4.42 Å². The maximum Gasteiger partial charge on any atom is 0.409 e. The molecule has 18 heavy (non-hydrogen) atoms. The summed E-state index contributed by atoms with van der Waals surface area (Å²) in [4.78, 5) is 0. The Morgan fingerprint density at radius 3 is 2.06 bits per heavy atom. The van der Waals surface area contributed by atoms with Crippen molar-refractivity contribution in [1.29, 1.82) is 0 Å². The van der Waals surface area contributed by atoms with E-state index in [0.29, 0.717) is 6.42 Å². The molecule has 0 N–H and O–H groups in total. The number of hydrogen-bond acceptors (Lipinski definition) is 3. The van der Waals surface area contributed by atoms with Gasteiger partial charge in [-0.1, -0.05) is 0 Å². The molecular formula is C8H7ClF6N2O. The lowest BCUT2D eigenvalue weighted by atomic mass is 10.1. The zero-order valence-corrected chi connectivity index (χ0v) is 9.40. The van der Waals surface area contributed by atoms with Crippen molar-refractivity contribution in [1.82, 2.24) is 10.2 Å². The van der Waals surface area contributed by atoms with Crippen LogP contribution in [0.1, 0.15) is 24.1 Å². The molecule has 104 valence electrons. The lowest BCUT2D eigenvalue weighted by Crippen LogP contribution is -2.34. The van der Waals surface area contributed by atoms with Crippen molar-refractivity contribution < 1.29 is 30.8 Å². The van der Waals surface area contributed by atoms with Crippen LogP contribution in [0.25, 0.3) is 0 Å². The highest BCUT2D eigenvalue weighted by Crippen LogP contribution is 2.45. The fourth-order valence-electron chi connectivity index (χ4n) is 1.17. The molecule has 0 saturated heterocycles. The highest BCUT2D eigenvalue weighted by Gasteiger charge is 2.60. The Morgan fingerprint density at radius 1 is 1.06 bits per heavy atom. The van der Waals surface area contributed by atoms with Crippen LogP contribution in [-0.2, 0) is 6.42 Å². The van der Waals surface area contributed by atoms with Gasteiger partial charge in [-0.25, -0.2) is 0 Å². The molecule has 0 fully saturated rings. The fourth-order valence-corrected chi connectivity index (χ4v) is 1.30. The SMILES string of the molecule is FC(F)(F)C(c1nnc(CCCCl)o1)C(F)(F)F. The van der Waals surface area contributed by atoms with E-state index in [9.17, 15) is 26.3 Å². The molecule has 3 nitrogen and oxygen atoms in total. The molecule has 1 rings (SSSR count). The fraction of sp³-hybridized carbons (Fsp3) is 0.750. The Bertz CT molecular complexity index is 374. The third-order valence-electron chi connectivity index (χ3n) is 1.91. The highest BCUT2D eigenvalue weighted by atomic mass is 35.5. The second kappa shape index (κ2) is 5.33. The molecule has 0 unspecified atom stereocenters. The topological polar surface area (TPSA) is 38.9 Å². The third-order valence-corrected chi connectivity index (χ3v) is 2.18. The molecule has 0 spiro atoms. The van der Waals surface area contributed by atoms with E-state index in [4.69, 9.17) is 11.6 Å². The predicted molar refractivity (Wildman–Crippen MR) is 48.2 cm³/mol. The van der Waals surface area contributed by atoms with Crippen LogP contribution in [-0.4, -0.2) is 28.4 Å². The summed E-state index contributed by atoms with van der Waals surface area (Å²) < 4.78 is 78.1. The summed E-state index contributed by atoms with van der Waals surface area (Å²) in [6.07, 6.45) is -10.7. The van der Waals surface area contributed by atoms with E-state index in [1.807, 2.05) is 0 Å². The summed E-state index contributed by atoms with van der Waals surface area (Å²) in [5.74, 6) is -5.38. The average molecular weight is 297 g/mol. The van der Waals surface area contributed by atoms with Crippen molar-refractivity contribution in [2.75, 3.05) is 5.88 Å². The number of halogens is 7. The second-order valence-electron chi connectivity index (χ2n) is 3.34. The molecule has 0 aliphatic rings. The highest BCUT2D eigenvalue weighted by molar-refractivity contribution is 6.17. The minimum absolute atomic E-state index is 0.0267. The van der Waals surface area contributed by atoms with Crippen molar-refractivity contribution in [2.45, 2.75) is 31.1 Å². The minimum Gasteiger partial charge on any atom is -0.424 e. The van der Waals surface area contributed by atoms with Gasteiger partial charge in [-0.3, -0.25) is 0 Å². The van der Waals surface area contributed by atoms with Gasteiger partial charge in [0.1, 0.15) is 0 Å². The van der Waals surface area contributed by atoms with Crippen molar-refractivity contribution in [2.24, 2.45) is 0 Å². The van der Waals surface area contributed by atoms with Crippen LogP contribution in [0, 0.1) is 0 Å². The Hall–Kier alpha value is -0.990. The van der Waals surface area contributed by atoms with Gasteiger partial charge in [-0.05, 0) is 6.42 Å². The maximum atomic E-state index is 12.3. The monoisotopic (exact) mass is 296 g/mol. The van der Waals surface area contributed by atoms with E-state index in [1.54, 1.807) is 0 Å². The number of hydrogen-bond donors (Lipinski definition) is 0. The summed E-state index contributed by atoms with van der Waals surface area (Å²) in [5, 5.41) is 5.93. The van der Waals surface area contributed by atoms with Gasteiger partial charge in [0.15, 0.2) is 0 Å². The summed E-state index contributed by atoms with van der Waals surface area (Å²) in [5.41, 5.74) is 0. The normalized spacial score (nSPS) is 13.3. The molecule has 0 aromatic carbocycles. The van der Waals surface area contributed by atoms with E-state index >= 15 is 0 Å². The van der Waals surface area contributed by atoms with Gasteiger partial charge >= 0.3 is 12.4 Å². The quantitative estimate of drug-likeness (QED) is 0.631. The van der Waals surface area contributed by atoms with Gasteiger partial charge in [-0.15, -0.1) is 21.8 Å². The first-order valence-corrected chi connectivity index (χ1v) is 5.21. The molecule has 0 atom stereocenters. The van der Waals surface area contributed by atoms with Crippen LogP contribution >= 0.6 is 11.6 Å². The number of nitrogens with zero attached hydrogens (tertiary/aromatic N) is 2. The van der Waals surface area contributed by atoms with Crippen molar-refractivity contribution in [3.63, 3.8) is 0 Å². The van der Waals surface area contributed by atoms with Gasteiger partial charge in [0, 0.05) is 12.3 Å². The lowest BCUT2D eigenvalue weighted by Gasteiger charge is -2.19. The van der Waals surface area contributed by atoms with Crippen LogP contribution < -0.4 is 0 Å². The maximum absolute atomic E-state index is 12.3. The molecule has 0 bridgehead atoms. The standard InChI is InChI=1S/C8H7ClF6N2O/c9-3-1-2-4-16-17-6(18-4)5(7(10,11)12)8(13,14)15/h5H,1-3H2. The van der Waals surface area contributed by atoms with Crippen molar-refractivity contribution >= 4 is 11.6 Å². The Labute approximate surface area is 102 Å². The zero-order valence-electron chi connectivity index (χ0n) is 8.65. The molecule has 0 aliphatic carbocycles. The molecule has 1 aromatic rings. The molecule has 0 radical (unpaired) electrons. The van der Waals surface area contributed by atoms with Gasteiger partial charge in [0.05, 0.1) is 0 Å². The molecule has 0 amide bonds. The van der Waals surface area contributed by atoms with Crippen LogP contribution in [0.3, 0.4) is 0 Å². The largest absolute Gasteiger partial charge is 0.424 e. The molecule has 10 heteroatoms. The first-order valence-electron chi connectivity index (χ1n) is 4.68. The zero-order chi connectivity index (χ0) is 14.0. The summed E-state index contributed by atoms with van der Waals surface area (Å²) in [6.45, 7) is 0. The van der Waals surface area contributed by atoms with Crippen LogP contribution in [0.15, 0.2) is 4.42 Å². The molecule has 1 heterocycles. The summed E-state index contributed by atoms with van der Waals surface area (Å²) >= 11 is 5.32. The number of aromatic nitrogens is 2. The van der Waals surface area contributed by atoms with Crippen LogP contribution in [0.2, 0.25) is 0 Å². The lowest BCUT2D eigenvalue weighted by molar-refractivity contribution is -0.258. The van der Waals surface area contributed by atoms with Gasteiger partial charge in [-0.2, -0.15) is 26.3 Å². The molecule has 1 aromatic heterocycles. The van der Waals surface area contributed by atoms with Crippen LogP contribution in [0.4, 0.5) is 26.3 Å². The van der Waals surface area contributed by atoms with E-state index in [0.717, 1.165) is 0 Å². The summed E-state index contributed by atoms with van der Waals surface area (Å²) in [6, 6.07) is 0. The van der Waals surface area contributed by atoms with E-state index in [-0.39, 0.29) is 18.2 Å². The smallest absolute Gasteiger partial charge is 0.409 e. The van der Waals surface area contributed by atoms with Gasteiger partial charge in [0.2, 0.25) is 17.7 Å². The Kier molecular flexibility index (Phi) is 4.46. The van der Waals surface area contributed by atoms with Crippen LogP contribution in [0.5, 0.6) is 0 Å². The Morgan fingerprint density at radius 2 is 1.61 bits per heavy atom. The molecule has 0 saturated carbocycles. The van der Waals surface area contributed by atoms with Gasteiger partial charge in [0.25, 0.3) is 0 Å². The number of rotatable bonds is 4. The minimum atomic E-state index is -5.53. The Balaban J connectivity index is 2.97. The molecule has 0 aliphatic heterocycles. The van der Waals surface area contributed by atoms with Crippen molar-refractivity contribution in [3.8, 4) is 0 Å². The third kappa shape index (κ3) is 3.76. The van der Waals surface area contributed by atoms with E-state index in [1.165, 1.54) is 0 Å². The van der Waals surface area contributed by atoms with Crippen molar-refractivity contribution in [3.05, 3.63) is 11.8 Å². The first-order chi connectivity index (χ1) is 8.16. The summed E-state index contributed by atoms with van der Waals surface area (Å²) in [7, 11) is 0. The predicted octanol–water partition coefficient (Wildman–Crippen LogP) is 3.45. The van der Waals surface area contributed by atoms with E-state index in [2.05, 4.69) is 14.6 Å².